The number of halogens is 1. The average molecular weight is 300 g/mol. The van der Waals surface area contributed by atoms with Gasteiger partial charge in [0.25, 0.3) is 0 Å². The number of esters is 1. The van der Waals surface area contributed by atoms with Crippen LogP contribution in [0.2, 0.25) is 0 Å². The van der Waals surface area contributed by atoms with Crippen LogP contribution in [0.1, 0.15) is 0 Å². The molecule has 0 aliphatic carbocycles. The SMILES string of the molecule is O=C(CI)OCC[NH+]1CCOCC1. The first kappa shape index (κ1) is 11.2. The van der Waals surface area contributed by atoms with Crippen molar-refractivity contribution < 1.29 is 19.2 Å². The number of carbonyl (C=O) groups excluding carboxylic acids is 1. The lowest BCUT2D eigenvalue weighted by Gasteiger charge is -2.23. The normalized spacial score (nSPS) is 18.5. The summed E-state index contributed by atoms with van der Waals surface area (Å²) in [5.41, 5.74) is 0. The molecular weight excluding hydrogens is 285 g/mol. The van der Waals surface area contributed by atoms with Gasteiger partial charge in [0.2, 0.25) is 0 Å². The summed E-state index contributed by atoms with van der Waals surface area (Å²) in [6.45, 7) is 5.16. The molecule has 1 fully saturated rings. The summed E-state index contributed by atoms with van der Waals surface area (Å²) in [4.78, 5) is 12.3. The van der Waals surface area contributed by atoms with Gasteiger partial charge in [-0.15, -0.1) is 0 Å². The molecule has 0 amide bonds. The lowest BCUT2D eigenvalue weighted by atomic mass is 10.4. The van der Waals surface area contributed by atoms with Crippen LogP contribution in [0.15, 0.2) is 0 Å². The average Bonchev–Trinajstić information content (AvgIpc) is 2.19. The zero-order valence-electron chi connectivity index (χ0n) is 7.55. The third kappa shape index (κ3) is 4.78. The molecule has 0 saturated carbocycles. The van der Waals surface area contributed by atoms with E-state index >= 15 is 0 Å². The second-order valence-corrected chi connectivity index (χ2v) is 3.73. The highest BCUT2D eigenvalue weighted by molar-refractivity contribution is 14.1. The van der Waals surface area contributed by atoms with Crippen molar-refractivity contribution in [3.8, 4) is 0 Å². The highest BCUT2D eigenvalue weighted by Gasteiger charge is 2.13. The van der Waals surface area contributed by atoms with Crippen LogP contribution in [0.25, 0.3) is 0 Å². The first-order valence-corrected chi connectivity index (χ1v) is 5.98. The maximum absolute atomic E-state index is 10.8. The van der Waals surface area contributed by atoms with Gasteiger partial charge in [-0.1, -0.05) is 22.6 Å². The van der Waals surface area contributed by atoms with E-state index in [-0.39, 0.29) is 5.97 Å². The molecule has 5 heteroatoms. The van der Waals surface area contributed by atoms with E-state index in [9.17, 15) is 4.79 Å². The summed E-state index contributed by atoms with van der Waals surface area (Å²) in [6.07, 6.45) is 0. The number of quaternary nitrogens is 1. The van der Waals surface area contributed by atoms with Crippen molar-refractivity contribution in [1.29, 1.82) is 0 Å². The Morgan fingerprint density at radius 2 is 2.15 bits per heavy atom. The number of nitrogens with one attached hydrogen (secondary N) is 1. The quantitative estimate of drug-likeness (QED) is 0.406. The van der Waals surface area contributed by atoms with Gasteiger partial charge in [0, 0.05) is 0 Å². The molecule has 76 valence electrons. The molecule has 1 N–H and O–H groups in total. The smallest absolute Gasteiger partial charge is 0.315 e. The van der Waals surface area contributed by atoms with Crippen LogP contribution in [0, 0.1) is 0 Å². The Bertz CT molecular complexity index is 159. The lowest BCUT2D eigenvalue weighted by Crippen LogP contribution is -3.14. The second kappa shape index (κ2) is 6.56. The molecule has 0 bridgehead atoms. The van der Waals surface area contributed by atoms with Crippen LogP contribution >= 0.6 is 22.6 Å². The molecule has 1 aliphatic heterocycles. The fourth-order valence-electron chi connectivity index (χ4n) is 1.26. The van der Waals surface area contributed by atoms with Gasteiger partial charge < -0.3 is 14.4 Å². The maximum atomic E-state index is 10.8. The Morgan fingerprint density at radius 3 is 2.77 bits per heavy atom. The van der Waals surface area contributed by atoms with Crippen molar-refractivity contribution in [3.05, 3.63) is 0 Å². The molecule has 0 aromatic carbocycles. The molecule has 1 saturated heterocycles. The Kier molecular flexibility index (Phi) is 5.65. The van der Waals surface area contributed by atoms with Gasteiger partial charge in [0.05, 0.1) is 17.6 Å². The predicted octanol–water partition coefficient (Wildman–Crippen LogP) is -1.12. The predicted molar refractivity (Wildman–Crippen MR) is 56.2 cm³/mol. The zero-order valence-corrected chi connectivity index (χ0v) is 9.71. The van der Waals surface area contributed by atoms with Crippen molar-refractivity contribution >= 4 is 28.6 Å². The number of carbonyl (C=O) groups is 1. The molecule has 1 aliphatic rings. The van der Waals surface area contributed by atoms with E-state index in [0.29, 0.717) is 11.0 Å². The van der Waals surface area contributed by atoms with Crippen molar-refractivity contribution in [3.63, 3.8) is 0 Å². The Balaban J connectivity index is 2.01. The van der Waals surface area contributed by atoms with Gasteiger partial charge in [0.1, 0.15) is 26.2 Å². The molecule has 0 unspecified atom stereocenters. The molecule has 13 heavy (non-hydrogen) atoms. The lowest BCUT2D eigenvalue weighted by molar-refractivity contribution is -0.908. The summed E-state index contributed by atoms with van der Waals surface area (Å²) < 4.78 is 10.6. The van der Waals surface area contributed by atoms with Crippen LogP contribution < -0.4 is 4.90 Å². The number of hydrogen-bond acceptors (Lipinski definition) is 3. The fraction of sp³-hybridized carbons (Fsp3) is 0.875. The third-order valence-corrected chi connectivity index (χ3v) is 2.65. The molecule has 0 atom stereocenters. The van der Waals surface area contributed by atoms with Crippen LogP contribution in [-0.2, 0) is 14.3 Å². The number of rotatable bonds is 4. The largest absolute Gasteiger partial charge is 0.459 e. The minimum absolute atomic E-state index is 0.117. The molecular formula is C8H15INO3+. The van der Waals surface area contributed by atoms with Crippen molar-refractivity contribution in [2.75, 3.05) is 43.9 Å². The molecule has 0 radical (unpaired) electrons. The monoisotopic (exact) mass is 300 g/mol. The Hall–Kier alpha value is 0.120. The number of alkyl halides is 1. The van der Waals surface area contributed by atoms with Crippen LogP contribution in [0.5, 0.6) is 0 Å². The highest BCUT2D eigenvalue weighted by atomic mass is 127. The van der Waals surface area contributed by atoms with Gasteiger partial charge in [-0.25, -0.2) is 0 Å². The molecule has 4 nitrogen and oxygen atoms in total. The van der Waals surface area contributed by atoms with Crippen LogP contribution in [0.4, 0.5) is 0 Å². The first-order valence-electron chi connectivity index (χ1n) is 4.46. The Morgan fingerprint density at radius 1 is 1.46 bits per heavy atom. The third-order valence-electron chi connectivity index (χ3n) is 2.03. The Labute approximate surface area is 91.7 Å². The summed E-state index contributed by atoms with van der Waals surface area (Å²) in [6, 6.07) is 0. The number of hydrogen-bond donors (Lipinski definition) is 1. The van der Waals surface area contributed by atoms with Gasteiger partial charge in [-0.2, -0.15) is 0 Å². The fourth-order valence-corrected chi connectivity index (χ4v) is 1.48. The standard InChI is InChI=1S/C8H14INO3/c9-7-8(11)13-6-3-10-1-4-12-5-2-10/h1-7H2/p+1. The van der Waals surface area contributed by atoms with Gasteiger partial charge >= 0.3 is 5.97 Å². The summed E-state index contributed by atoms with van der Waals surface area (Å²) in [5, 5.41) is 0. The van der Waals surface area contributed by atoms with Gasteiger partial charge in [0.15, 0.2) is 0 Å². The summed E-state index contributed by atoms with van der Waals surface area (Å²) >= 11 is 2.01. The zero-order chi connectivity index (χ0) is 9.52. The number of ether oxygens (including phenoxy) is 2. The van der Waals surface area contributed by atoms with E-state index < -0.39 is 0 Å². The summed E-state index contributed by atoms with van der Waals surface area (Å²) in [7, 11) is 0. The maximum Gasteiger partial charge on any atom is 0.315 e. The molecule has 0 aromatic heterocycles. The topological polar surface area (TPSA) is 40.0 Å². The molecule has 0 aromatic rings. The van der Waals surface area contributed by atoms with Crippen LogP contribution in [0.3, 0.4) is 0 Å². The van der Waals surface area contributed by atoms with Crippen molar-refractivity contribution in [2.45, 2.75) is 0 Å². The van der Waals surface area contributed by atoms with Crippen molar-refractivity contribution in [2.24, 2.45) is 0 Å². The van der Waals surface area contributed by atoms with E-state index in [1.165, 1.54) is 4.90 Å². The van der Waals surface area contributed by atoms with Crippen molar-refractivity contribution in [1.82, 2.24) is 0 Å². The van der Waals surface area contributed by atoms with E-state index in [4.69, 9.17) is 9.47 Å². The van der Waals surface area contributed by atoms with E-state index in [1.54, 1.807) is 0 Å². The van der Waals surface area contributed by atoms with Gasteiger partial charge in [-0.05, 0) is 0 Å². The minimum Gasteiger partial charge on any atom is -0.459 e. The van der Waals surface area contributed by atoms with E-state index in [0.717, 1.165) is 32.8 Å². The minimum atomic E-state index is -0.117. The van der Waals surface area contributed by atoms with E-state index in [2.05, 4.69) is 0 Å². The summed E-state index contributed by atoms with van der Waals surface area (Å²) in [5.74, 6) is -0.117. The molecule has 1 rings (SSSR count). The number of morpholine rings is 1. The van der Waals surface area contributed by atoms with Crippen LogP contribution in [-0.4, -0.2) is 49.9 Å². The molecule has 0 spiro atoms. The second-order valence-electron chi connectivity index (χ2n) is 2.97. The molecule has 1 heterocycles. The van der Waals surface area contributed by atoms with E-state index in [1.807, 2.05) is 22.6 Å². The first-order chi connectivity index (χ1) is 6.33. The highest BCUT2D eigenvalue weighted by Crippen LogP contribution is 1.84. The van der Waals surface area contributed by atoms with Gasteiger partial charge in [-0.3, -0.25) is 4.79 Å².